The molecule has 0 spiro atoms. The summed E-state index contributed by atoms with van der Waals surface area (Å²) < 4.78 is 6.85. The Kier molecular flexibility index (Phi) is 3.30. The van der Waals surface area contributed by atoms with Crippen LogP contribution in [-0.2, 0) is 9.53 Å². The predicted molar refractivity (Wildman–Crippen MR) is 74.7 cm³/mol. The summed E-state index contributed by atoms with van der Waals surface area (Å²) in [5, 5.41) is 4.26. The van der Waals surface area contributed by atoms with Gasteiger partial charge in [0, 0.05) is 6.04 Å². The summed E-state index contributed by atoms with van der Waals surface area (Å²) in [4.78, 5) is 18.1. The molecular formula is C14H18N4O2. The van der Waals surface area contributed by atoms with Crippen molar-refractivity contribution in [2.45, 2.75) is 32.7 Å². The Morgan fingerprint density at radius 3 is 3.00 bits per heavy atom. The van der Waals surface area contributed by atoms with Gasteiger partial charge in [-0.2, -0.15) is 9.61 Å². The fraction of sp³-hybridized carbons (Fsp3) is 0.500. The van der Waals surface area contributed by atoms with Crippen LogP contribution in [0.25, 0.3) is 5.65 Å². The van der Waals surface area contributed by atoms with Crippen LogP contribution in [0.3, 0.4) is 0 Å². The quantitative estimate of drug-likeness (QED) is 0.775. The van der Waals surface area contributed by atoms with E-state index in [1.54, 1.807) is 4.52 Å². The van der Waals surface area contributed by atoms with Crippen molar-refractivity contribution in [3.8, 4) is 0 Å². The summed E-state index contributed by atoms with van der Waals surface area (Å²) in [6, 6.07) is 4.42. The van der Waals surface area contributed by atoms with E-state index < -0.39 is 0 Å². The van der Waals surface area contributed by atoms with Crippen molar-refractivity contribution < 1.29 is 9.53 Å². The molecule has 1 fully saturated rings. The first-order chi connectivity index (χ1) is 9.69. The highest BCUT2D eigenvalue weighted by Gasteiger charge is 2.32. The first kappa shape index (κ1) is 12.9. The number of aromatic nitrogens is 3. The van der Waals surface area contributed by atoms with Gasteiger partial charge in [-0.25, -0.2) is 4.98 Å². The van der Waals surface area contributed by atoms with Gasteiger partial charge in [0.15, 0.2) is 5.65 Å². The van der Waals surface area contributed by atoms with Gasteiger partial charge in [-0.15, -0.1) is 0 Å². The van der Waals surface area contributed by atoms with Crippen LogP contribution in [-0.4, -0.2) is 39.8 Å². The van der Waals surface area contributed by atoms with Crippen LogP contribution in [0.2, 0.25) is 0 Å². The highest BCUT2D eigenvalue weighted by molar-refractivity contribution is 5.76. The van der Waals surface area contributed by atoms with Crippen molar-refractivity contribution in [1.82, 2.24) is 14.6 Å². The lowest BCUT2D eigenvalue weighted by molar-refractivity contribution is -0.141. The zero-order chi connectivity index (χ0) is 14.1. The van der Waals surface area contributed by atoms with Crippen LogP contribution in [0.4, 0.5) is 5.82 Å². The van der Waals surface area contributed by atoms with E-state index in [1.807, 2.05) is 26.0 Å². The zero-order valence-corrected chi connectivity index (χ0v) is 11.7. The maximum Gasteiger partial charge on any atom is 0.325 e. The van der Waals surface area contributed by atoms with E-state index in [9.17, 15) is 4.79 Å². The first-order valence-corrected chi connectivity index (χ1v) is 6.91. The molecule has 1 saturated carbocycles. The number of hydrogen-bond donors (Lipinski definition) is 0. The number of rotatable bonds is 5. The number of aryl methyl sites for hydroxylation is 1. The average Bonchev–Trinajstić information content (AvgIpc) is 3.14. The van der Waals surface area contributed by atoms with Gasteiger partial charge in [-0.1, -0.05) is 0 Å². The van der Waals surface area contributed by atoms with Crippen molar-refractivity contribution in [3.63, 3.8) is 0 Å². The number of esters is 1. The number of ether oxygens (including phenoxy) is 1. The molecule has 2 heterocycles. The lowest BCUT2D eigenvalue weighted by Gasteiger charge is -2.24. The zero-order valence-electron chi connectivity index (χ0n) is 11.7. The molecule has 2 aromatic heterocycles. The maximum absolute atomic E-state index is 11.8. The van der Waals surface area contributed by atoms with Crippen molar-refractivity contribution in [2.24, 2.45) is 0 Å². The smallest absolute Gasteiger partial charge is 0.325 e. The Balaban J connectivity index is 1.96. The van der Waals surface area contributed by atoms with Crippen LogP contribution >= 0.6 is 0 Å². The summed E-state index contributed by atoms with van der Waals surface area (Å²) in [5.74, 6) is 0.710. The molecular weight excluding hydrogens is 256 g/mol. The van der Waals surface area contributed by atoms with E-state index in [-0.39, 0.29) is 12.5 Å². The van der Waals surface area contributed by atoms with Gasteiger partial charge >= 0.3 is 5.97 Å². The molecule has 0 bridgehead atoms. The van der Waals surface area contributed by atoms with Gasteiger partial charge in [0.2, 0.25) is 0 Å². The molecule has 0 saturated heterocycles. The van der Waals surface area contributed by atoms with E-state index in [0.717, 1.165) is 29.9 Å². The maximum atomic E-state index is 11.8. The van der Waals surface area contributed by atoms with Gasteiger partial charge in [0.05, 0.1) is 6.61 Å². The Morgan fingerprint density at radius 2 is 2.30 bits per heavy atom. The molecule has 2 aromatic rings. The highest BCUT2D eigenvalue weighted by atomic mass is 16.5. The summed E-state index contributed by atoms with van der Waals surface area (Å²) in [6.07, 6.45) is 3.74. The monoisotopic (exact) mass is 274 g/mol. The van der Waals surface area contributed by atoms with Gasteiger partial charge in [0.1, 0.15) is 18.7 Å². The molecule has 0 N–H and O–H groups in total. The fourth-order valence-electron chi connectivity index (χ4n) is 2.37. The number of carbonyl (C=O) groups is 1. The summed E-state index contributed by atoms with van der Waals surface area (Å²) in [5.41, 5.74) is 1.91. The molecule has 0 radical (unpaired) electrons. The average molecular weight is 274 g/mol. The topological polar surface area (TPSA) is 59.7 Å². The molecule has 20 heavy (non-hydrogen) atoms. The normalized spacial score (nSPS) is 14.5. The first-order valence-electron chi connectivity index (χ1n) is 6.91. The van der Waals surface area contributed by atoms with Crippen molar-refractivity contribution >= 4 is 17.4 Å². The van der Waals surface area contributed by atoms with Crippen LogP contribution in [0.5, 0.6) is 0 Å². The van der Waals surface area contributed by atoms with Crippen LogP contribution in [0.1, 0.15) is 25.3 Å². The van der Waals surface area contributed by atoms with Gasteiger partial charge in [-0.05, 0) is 44.4 Å². The summed E-state index contributed by atoms with van der Waals surface area (Å²) in [6.45, 7) is 4.51. The van der Waals surface area contributed by atoms with E-state index in [4.69, 9.17) is 4.74 Å². The van der Waals surface area contributed by atoms with Crippen LogP contribution in [0.15, 0.2) is 18.5 Å². The highest BCUT2D eigenvalue weighted by Crippen LogP contribution is 2.32. The second-order valence-corrected chi connectivity index (χ2v) is 5.09. The minimum absolute atomic E-state index is 0.200. The molecule has 0 unspecified atom stereocenters. The Hall–Kier alpha value is -2.11. The third-order valence-electron chi connectivity index (χ3n) is 3.39. The number of anilines is 1. The third-order valence-corrected chi connectivity index (χ3v) is 3.39. The molecule has 0 aromatic carbocycles. The van der Waals surface area contributed by atoms with Crippen LogP contribution in [0, 0.1) is 6.92 Å². The molecule has 0 atom stereocenters. The van der Waals surface area contributed by atoms with Crippen LogP contribution < -0.4 is 4.90 Å². The van der Waals surface area contributed by atoms with E-state index in [1.165, 1.54) is 6.33 Å². The lowest BCUT2D eigenvalue weighted by atomic mass is 10.2. The minimum atomic E-state index is -0.200. The Labute approximate surface area is 117 Å². The van der Waals surface area contributed by atoms with Crippen molar-refractivity contribution in [2.75, 3.05) is 18.1 Å². The van der Waals surface area contributed by atoms with E-state index in [0.29, 0.717) is 12.6 Å². The predicted octanol–water partition coefficient (Wildman–Crippen LogP) is 1.57. The molecule has 6 nitrogen and oxygen atoms in total. The van der Waals surface area contributed by atoms with E-state index in [2.05, 4.69) is 15.0 Å². The standard InChI is InChI=1S/C14H18N4O2/c1-3-20-14(19)8-17(11-4-5-11)13-7-10(2)6-12-15-9-16-18(12)13/h6-7,9,11H,3-5,8H2,1-2H3. The number of pyridine rings is 1. The van der Waals surface area contributed by atoms with Gasteiger partial charge in [0.25, 0.3) is 0 Å². The minimum Gasteiger partial charge on any atom is -0.465 e. The second-order valence-electron chi connectivity index (χ2n) is 5.09. The number of nitrogens with zero attached hydrogens (tertiary/aromatic N) is 4. The molecule has 0 aliphatic heterocycles. The SMILES string of the molecule is CCOC(=O)CN(c1cc(C)cc2ncnn12)C1CC1. The summed E-state index contributed by atoms with van der Waals surface area (Å²) in [7, 11) is 0. The Bertz CT molecular complexity index is 633. The number of fused-ring (bicyclic) bond motifs is 1. The molecule has 3 rings (SSSR count). The molecule has 1 aliphatic rings. The fourth-order valence-corrected chi connectivity index (χ4v) is 2.37. The summed E-state index contributed by atoms with van der Waals surface area (Å²) >= 11 is 0. The largest absolute Gasteiger partial charge is 0.465 e. The Morgan fingerprint density at radius 1 is 1.50 bits per heavy atom. The second kappa shape index (κ2) is 5.11. The van der Waals surface area contributed by atoms with Crippen molar-refractivity contribution in [3.05, 3.63) is 24.0 Å². The van der Waals surface area contributed by atoms with Gasteiger partial charge in [-0.3, -0.25) is 4.79 Å². The van der Waals surface area contributed by atoms with E-state index >= 15 is 0 Å². The molecule has 6 heteroatoms. The van der Waals surface area contributed by atoms with Gasteiger partial charge < -0.3 is 9.64 Å². The molecule has 1 aliphatic carbocycles. The number of carbonyl (C=O) groups excluding carboxylic acids is 1. The molecule has 0 amide bonds. The lowest BCUT2D eigenvalue weighted by Crippen LogP contribution is -2.34. The molecule has 106 valence electrons. The third kappa shape index (κ3) is 2.45. The number of hydrogen-bond acceptors (Lipinski definition) is 5. The van der Waals surface area contributed by atoms with Crippen molar-refractivity contribution in [1.29, 1.82) is 0 Å².